The predicted octanol–water partition coefficient (Wildman–Crippen LogP) is 5.74. The van der Waals surface area contributed by atoms with Crippen LogP contribution in [0.2, 0.25) is 0 Å². The number of aliphatic hydroxyl groups is 2. The molecule has 4 heteroatoms. The third-order valence-corrected chi connectivity index (χ3v) is 4.60. The van der Waals surface area contributed by atoms with Crippen molar-refractivity contribution in [3.8, 4) is 6.07 Å². The van der Waals surface area contributed by atoms with Gasteiger partial charge in [-0.15, -0.1) is 0 Å². The fourth-order valence-electron chi connectivity index (χ4n) is 3.15. The summed E-state index contributed by atoms with van der Waals surface area (Å²) in [6.45, 7) is 2.95. The van der Waals surface area contributed by atoms with Gasteiger partial charge >= 0.3 is 0 Å². The van der Waals surface area contributed by atoms with Gasteiger partial charge in [-0.2, -0.15) is 5.26 Å². The molecule has 0 saturated carbocycles. The Morgan fingerprint density at radius 1 is 0.917 bits per heavy atom. The Labute approximate surface area is 147 Å². The van der Waals surface area contributed by atoms with E-state index in [0.717, 1.165) is 12.8 Å². The molecule has 0 fully saturated rings. The number of hydrogen-bond donors (Lipinski definition) is 2. The predicted molar refractivity (Wildman–Crippen MR) is 98.6 cm³/mol. The number of hydrogen-bond acceptors (Lipinski definition) is 4. The molecule has 0 aliphatic carbocycles. The fraction of sp³-hybridized carbons (Fsp3) is 0.750. The first-order chi connectivity index (χ1) is 11.7. The first kappa shape index (κ1) is 20.4. The lowest BCUT2D eigenvalue weighted by molar-refractivity contribution is 0.242. The Balaban J connectivity index is 1.99. The Morgan fingerprint density at radius 3 is 1.92 bits per heavy atom. The van der Waals surface area contributed by atoms with E-state index in [9.17, 15) is 10.2 Å². The first-order valence-corrected chi connectivity index (χ1v) is 9.65. The van der Waals surface area contributed by atoms with E-state index in [1.54, 1.807) is 11.1 Å². The van der Waals surface area contributed by atoms with Gasteiger partial charge in [0, 0.05) is 18.8 Å². The zero-order valence-corrected chi connectivity index (χ0v) is 15.2. The van der Waals surface area contributed by atoms with Crippen molar-refractivity contribution in [1.29, 1.82) is 5.26 Å². The molecule has 1 atom stereocenters. The maximum absolute atomic E-state index is 9.70. The Hall–Kier alpha value is -1.63. The smallest absolute Gasteiger partial charge is 0.174 e. The van der Waals surface area contributed by atoms with Crippen LogP contribution >= 0.6 is 0 Å². The molecule has 0 saturated heterocycles. The third-order valence-electron chi connectivity index (χ3n) is 4.60. The third kappa shape index (κ3) is 8.29. The molecule has 136 valence electrons. The van der Waals surface area contributed by atoms with Crippen molar-refractivity contribution in [3.63, 3.8) is 0 Å². The van der Waals surface area contributed by atoms with Crippen LogP contribution < -0.4 is 0 Å². The molecule has 0 aromatic rings. The van der Waals surface area contributed by atoms with Crippen LogP contribution in [-0.2, 0) is 0 Å². The highest BCUT2D eigenvalue weighted by atomic mass is 16.3. The zero-order valence-electron chi connectivity index (χ0n) is 15.2. The lowest BCUT2D eigenvalue weighted by atomic mass is 10.0. The van der Waals surface area contributed by atoms with Crippen molar-refractivity contribution >= 4 is 0 Å². The summed E-state index contributed by atoms with van der Waals surface area (Å²) in [6.07, 6.45) is 18.3. The van der Waals surface area contributed by atoms with E-state index in [2.05, 4.69) is 13.0 Å². The second-order valence-electron chi connectivity index (χ2n) is 6.78. The highest BCUT2D eigenvalue weighted by Gasteiger charge is 2.23. The van der Waals surface area contributed by atoms with E-state index in [-0.39, 0.29) is 11.5 Å². The molecule has 0 spiro atoms. The number of aliphatic hydroxyl groups excluding tert-OH is 2. The van der Waals surface area contributed by atoms with Crippen LogP contribution in [-0.4, -0.2) is 27.7 Å². The lowest BCUT2D eigenvalue weighted by Crippen LogP contribution is -2.34. The van der Waals surface area contributed by atoms with E-state index >= 15 is 0 Å². The van der Waals surface area contributed by atoms with E-state index in [4.69, 9.17) is 5.26 Å². The van der Waals surface area contributed by atoms with Gasteiger partial charge in [0.2, 0.25) is 0 Å². The summed E-state index contributed by atoms with van der Waals surface area (Å²) >= 11 is 0. The molecule has 4 nitrogen and oxygen atoms in total. The minimum Gasteiger partial charge on any atom is -0.509 e. The summed E-state index contributed by atoms with van der Waals surface area (Å²) in [5.41, 5.74) is 0. The molecule has 0 radical (unpaired) electrons. The SMILES string of the molecule is CCCCCCCCCCCCCCN1C=C(O)C=C(O)C1C#N. The molecule has 24 heavy (non-hydrogen) atoms. The second kappa shape index (κ2) is 12.8. The molecule has 1 aliphatic rings. The molecular weight excluding hydrogens is 300 g/mol. The Morgan fingerprint density at radius 2 is 1.42 bits per heavy atom. The van der Waals surface area contributed by atoms with Crippen LogP contribution in [0.3, 0.4) is 0 Å². The number of unbranched alkanes of at least 4 members (excludes halogenated alkanes) is 11. The molecule has 1 unspecified atom stereocenters. The van der Waals surface area contributed by atoms with Crippen molar-refractivity contribution in [2.75, 3.05) is 6.54 Å². The van der Waals surface area contributed by atoms with Crippen molar-refractivity contribution in [2.24, 2.45) is 0 Å². The van der Waals surface area contributed by atoms with E-state index < -0.39 is 6.04 Å². The average molecular weight is 335 g/mol. The molecular formula is C20H34N2O2. The molecule has 1 rings (SSSR count). The van der Waals surface area contributed by atoms with Gasteiger partial charge in [0.1, 0.15) is 11.5 Å². The summed E-state index contributed by atoms with van der Waals surface area (Å²) in [5.74, 6) is -0.0608. The van der Waals surface area contributed by atoms with E-state index in [1.165, 1.54) is 70.3 Å². The minimum absolute atomic E-state index is 0.0120. The first-order valence-electron chi connectivity index (χ1n) is 9.65. The van der Waals surface area contributed by atoms with Gasteiger partial charge in [0.25, 0.3) is 0 Å². The summed E-state index contributed by atoms with van der Waals surface area (Å²) in [7, 11) is 0. The van der Waals surface area contributed by atoms with Gasteiger partial charge in [-0.3, -0.25) is 0 Å². The summed E-state index contributed by atoms with van der Waals surface area (Å²) in [4.78, 5) is 1.72. The summed E-state index contributed by atoms with van der Waals surface area (Å²) < 4.78 is 0. The highest BCUT2D eigenvalue weighted by Crippen LogP contribution is 2.18. The number of nitriles is 1. The quantitative estimate of drug-likeness (QED) is 0.422. The zero-order chi connectivity index (χ0) is 17.6. The van der Waals surface area contributed by atoms with Crippen molar-refractivity contribution in [3.05, 3.63) is 23.8 Å². The van der Waals surface area contributed by atoms with Crippen LogP contribution in [0.15, 0.2) is 23.8 Å². The Bertz CT molecular complexity index is 437. The largest absolute Gasteiger partial charge is 0.509 e. The minimum atomic E-state index is -0.659. The van der Waals surface area contributed by atoms with Crippen LogP contribution in [0.5, 0.6) is 0 Å². The highest BCUT2D eigenvalue weighted by molar-refractivity contribution is 5.27. The van der Waals surface area contributed by atoms with Crippen LogP contribution in [0.1, 0.15) is 84.0 Å². The molecule has 2 N–H and O–H groups in total. The van der Waals surface area contributed by atoms with Crippen molar-refractivity contribution in [2.45, 2.75) is 90.0 Å². The molecule has 0 aromatic carbocycles. The molecule has 0 amide bonds. The number of allylic oxidation sites excluding steroid dienone is 1. The van der Waals surface area contributed by atoms with Gasteiger partial charge in [0.05, 0.1) is 6.07 Å². The van der Waals surface area contributed by atoms with Gasteiger partial charge in [0.15, 0.2) is 6.04 Å². The number of rotatable bonds is 13. The van der Waals surface area contributed by atoms with Crippen molar-refractivity contribution < 1.29 is 10.2 Å². The number of nitrogens with zero attached hydrogens (tertiary/aromatic N) is 2. The summed E-state index contributed by atoms with van der Waals surface area (Å²) in [5, 5.41) is 28.3. The van der Waals surface area contributed by atoms with E-state index in [0.29, 0.717) is 6.54 Å². The lowest BCUT2D eigenvalue weighted by Gasteiger charge is -2.28. The summed E-state index contributed by atoms with van der Waals surface area (Å²) in [6, 6.07) is 1.41. The topological polar surface area (TPSA) is 67.5 Å². The van der Waals surface area contributed by atoms with Crippen LogP contribution in [0, 0.1) is 11.3 Å². The second-order valence-corrected chi connectivity index (χ2v) is 6.78. The molecule has 0 bridgehead atoms. The van der Waals surface area contributed by atoms with Gasteiger partial charge in [-0.1, -0.05) is 77.6 Å². The Kier molecular flexibility index (Phi) is 10.8. The average Bonchev–Trinajstić information content (AvgIpc) is 2.55. The van der Waals surface area contributed by atoms with Gasteiger partial charge in [-0.05, 0) is 6.42 Å². The molecule has 1 heterocycles. The fourth-order valence-corrected chi connectivity index (χ4v) is 3.15. The van der Waals surface area contributed by atoms with Gasteiger partial charge < -0.3 is 15.1 Å². The maximum Gasteiger partial charge on any atom is 0.174 e. The van der Waals surface area contributed by atoms with E-state index in [1.807, 2.05) is 0 Å². The van der Waals surface area contributed by atoms with Crippen LogP contribution in [0.4, 0.5) is 0 Å². The maximum atomic E-state index is 9.70. The monoisotopic (exact) mass is 334 g/mol. The standard InChI is InChI=1S/C20H34N2O2/c1-2-3-4-5-6-7-8-9-10-11-12-13-14-22-17-18(23)15-20(24)19(22)16-21/h15,17,19,23-24H,2-14H2,1H3. The molecule has 0 aromatic heterocycles. The van der Waals surface area contributed by atoms with Crippen LogP contribution in [0.25, 0.3) is 0 Å². The normalized spacial score (nSPS) is 17.3. The van der Waals surface area contributed by atoms with Crippen molar-refractivity contribution in [1.82, 2.24) is 4.90 Å². The van der Waals surface area contributed by atoms with Gasteiger partial charge in [-0.25, -0.2) is 0 Å². The molecule has 1 aliphatic heterocycles.